The van der Waals surface area contributed by atoms with Gasteiger partial charge in [0.15, 0.2) is 0 Å². The number of aryl methyl sites for hydroxylation is 2. The van der Waals surface area contributed by atoms with Crippen molar-refractivity contribution in [2.75, 3.05) is 0 Å². The zero-order valence-corrected chi connectivity index (χ0v) is 12.6. The number of hydrogen-bond donors (Lipinski definition) is 1. The van der Waals surface area contributed by atoms with E-state index in [1.54, 1.807) is 0 Å². The fraction of sp³-hybridized carbons (Fsp3) is 0.278. The minimum atomic E-state index is 0.0877. The van der Waals surface area contributed by atoms with Gasteiger partial charge in [0.2, 0.25) is 0 Å². The standard InChI is InChI=1S/C18H21N3/c1-13-7-8-15(9-14(13)2)10-16(19)11-21-12-20-17-5-3-4-6-18(17)21/h3-9,12,16H,10-11,19H2,1-2H3. The number of rotatable bonds is 4. The Labute approximate surface area is 125 Å². The van der Waals surface area contributed by atoms with Gasteiger partial charge in [-0.15, -0.1) is 0 Å². The van der Waals surface area contributed by atoms with Crippen molar-refractivity contribution in [3.63, 3.8) is 0 Å². The van der Waals surface area contributed by atoms with Crippen LogP contribution >= 0.6 is 0 Å². The van der Waals surface area contributed by atoms with Gasteiger partial charge in [-0.25, -0.2) is 4.98 Å². The smallest absolute Gasteiger partial charge is 0.0958 e. The highest BCUT2D eigenvalue weighted by molar-refractivity contribution is 5.74. The maximum Gasteiger partial charge on any atom is 0.0958 e. The van der Waals surface area contributed by atoms with Crippen LogP contribution in [-0.4, -0.2) is 15.6 Å². The quantitative estimate of drug-likeness (QED) is 0.797. The van der Waals surface area contributed by atoms with Crippen LogP contribution in [0.3, 0.4) is 0 Å². The van der Waals surface area contributed by atoms with Gasteiger partial charge in [0.05, 0.1) is 17.4 Å². The molecule has 0 bridgehead atoms. The zero-order chi connectivity index (χ0) is 14.8. The molecule has 108 valence electrons. The number of nitrogens with zero attached hydrogens (tertiary/aromatic N) is 2. The van der Waals surface area contributed by atoms with E-state index in [9.17, 15) is 0 Å². The van der Waals surface area contributed by atoms with Crippen molar-refractivity contribution in [3.05, 3.63) is 65.5 Å². The molecule has 0 aliphatic heterocycles. The van der Waals surface area contributed by atoms with Crippen molar-refractivity contribution in [1.82, 2.24) is 9.55 Å². The number of imidazole rings is 1. The molecule has 0 saturated carbocycles. The molecule has 0 amide bonds. The third-order valence-corrected chi connectivity index (χ3v) is 4.03. The molecule has 0 aliphatic carbocycles. The Morgan fingerprint density at radius 1 is 1.10 bits per heavy atom. The van der Waals surface area contributed by atoms with Crippen molar-refractivity contribution < 1.29 is 0 Å². The third kappa shape index (κ3) is 2.98. The van der Waals surface area contributed by atoms with E-state index in [-0.39, 0.29) is 6.04 Å². The van der Waals surface area contributed by atoms with Crippen LogP contribution in [-0.2, 0) is 13.0 Å². The van der Waals surface area contributed by atoms with Crippen LogP contribution in [0.1, 0.15) is 16.7 Å². The number of benzene rings is 2. The molecule has 21 heavy (non-hydrogen) atoms. The fourth-order valence-corrected chi connectivity index (χ4v) is 2.71. The number of aromatic nitrogens is 2. The van der Waals surface area contributed by atoms with E-state index in [4.69, 9.17) is 5.73 Å². The summed E-state index contributed by atoms with van der Waals surface area (Å²) in [7, 11) is 0. The monoisotopic (exact) mass is 279 g/mol. The average Bonchev–Trinajstić information content (AvgIpc) is 2.86. The van der Waals surface area contributed by atoms with Crippen LogP contribution < -0.4 is 5.73 Å². The van der Waals surface area contributed by atoms with Gasteiger partial charge in [-0.1, -0.05) is 30.3 Å². The highest BCUT2D eigenvalue weighted by Gasteiger charge is 2.08. The van der Waals surface area contributed by atoms with Crippen molar-refractivity contribution in [2.24, 2.45) is 5.73 Å². The summed E-state index contributed by atoms with van der Waals surface area (Å²) >= 11 is 0. The average molecular weight is 279 g/mol. The van der Waals surface area contributed by atoms with Gasteiger partial charge in [0.1, 0.15) is 0 Å². The fourth-order valence-electron chi connectivity index (χ4n) is 2.71. The lowest BCUT2D eigenvalue weighted by Gasteiger charge is -2.14. The molecular formula is C18H21N3. The van der Waals surface area contributed by atoms with Crippen molar-refractivity contribution in [2.45, 2.75) is 32.9 Å². The Hall–Kier alpha value is -2.13. The summed E-state index contributed by atoms with van der Waals surface area (Å²) in [4.78, 5) is 4.41. The Balaban J connectivity index is 1.74. The molecule has 1 heterocycles. The lowest BCUT2D eigenvalue weighted by molar-refractivity contribution is 0.559. The van der Waals surface area contributed by atoms with Gasteiger partial charge >= 0.3 is 0 Å². The van der Waals surface area contributed by atoms with Crippen molar-refractivity contribution in [1.29, 1.82) is 0 Å². The highest BCUT2D eigenvalue weighted by Crippen LogP contribution is 2.14. The SMILES string of the molecule is Cc1ccc(CC(N)Cn2cnc3ccccc32)cc1C. The summed E-state index contributed by atoms with van der Waals surface area (Å²) in [5.74, 6) is 0. The largest absolute Gasteiger partial charge is 0.329 e. The molecule has 2 aromatic carbocycles. The lowest BCUT2D eigenvalue weighted by Crippen LogP contribution is -2.28. The molecule has 1 unspecified atom stereocenters. The molecule has 0 fully saturated rings. The van der Waals surface area contributed by atoms with Gasteiger partial charge in [0.25, 0.3) is 0 Å². The molecule has 1 atom stereocenters. The van der Waals surface area contributed by atoms with E-state index in [1.165, 1.54) is 16.7 Å². The summed E-state index contributed by atoms with van der Waals surface area (Å²) in [6, 6.07) is 14.8. The summed E-state index contributed by atoms with van der Waals surface area (Å²) in [6.45, 7) is 5.07. The molecule has 3 heteroatoms. The Morgan fingerprint density at radius 2 is 1.90 bits per heavy atom. The number of nitrogens with two attached hydrogens (primary N) is 1. The molecule has 0 radical (unpaired) electrons. The molecule has 3 nitrogen and oxygen atoms in total. The molecule has 3 aromatic rings. The van der Waals surface area contributed by atoms with Crippen LogP contribution in [0.2, 0.25) is 0 Å². The second-order valence-electron chi connectivity index (χ2n) is 5.77. The summed E-state index contributed by atoms with van der Waals surface area (Å²) < 4.78 is 2.14. The molecule has 0 saturated heterocycles. The maximum absolute atomic E-state index is 6.33. The van der Waals surface area contributed by atoms with Gasteiger partial charge in [0, 0.05) is 12.6 Å². The predicted octanol–water partition coefficient (Wildman–Crippen LogP) is 3.22. The molecule has 1 aromatic heterocycles. The lowest BCUT2D eigenvalue weighted by atomic mass is 10.0. The molecule has 3 rings (SSSR count). The van der Waals surface area contributed by atoms with Gasteiger partial charge < -0.3 is 10.3 Å². The van der Waals surface area contributed by atoms with Gasteiger partial charge in [-0.3, -0.25) is 0 Å². The highest BCUT2D eigenvalue weighted by atomic mass is 15.1. The summed E-state index contributed by atoms with van der Waals surface area (Å²) in [5, 5.41) is 0. The van der Waals surface area contributed by atoms with Crippen molar-refractivity contribution >= 4 is 11.0 Å². The van der Waals surface area contributed by atoms with E-state index in [0.29, 0.717) is 0 Å². The van der Waals surface area contributed by atoms with Crippen LogP contribution in [0.15, 0.2) is 48.8 Å². The zero-order valence-electron chi connectivity index (χ0n) is 12.6. The van der Waals surface area contributed by atoms with E-state index >= 15 is 0 Å². The van der Waals surface area contributed by atoms with E-state index in [2.05, 4.69) is 47.7 Å². The number of hydrogen-bond acceptors (Lipinski definition) is 2. The number of fused-ring (bicyclic) bond motifs is 1. The second kappa shape index (κ2) is 5.70. The third-order valence-electron chi connectivity index (χ3n) is 4.03. The Morgan fingerprint density at radius 3 is 2.71 bits per heavy atom. The van der Waals surface area contributed by atoms with Crippen molar-refractivity contribution in [3.8, 4) is 0 Å². The Bertz CT molecular complexity index is 758. The van der Waals surface area contributed by atoms with Gasteiger partial charge in [-0.05, 0) is 49.1 Å². The molecular weight excluding hydrogens is 258 g/mol. The molecule has 2 N–H and O–H groups in total. The first-order valence-electron chi connectivity index (χ1n) is 7.35. The minimum absolute atomic E-state index is 0.0877. The van der Waals surface area contributed by atoms with E-state index < -0.39 is 0 Å². The number of para-hydroxylation sites is 2. The van der Waals surface area contributed by atoms with Gasteiger partial charge in [-0.2, -0.15) is 0 Å². The minimum Gasteiger partial charge on any atom is -0.329 e. The first-order valence-corrected chi connectivity index (χ1v) is 7.35. The van der Waals surface area contributed by atoms with Crippen LogP contribution in [0.4, 0.5) is 0 Å². The topological polar surface area (TPSA) is 43.8 Å². The maximum atomic E-state index is 6.33. The van der Waals surface area contributed by atoms with Crippen LogP contribution in [0.25, 0.3) is 11.0 Å². The normalized spacial score (nSPS) is 12.7. The Kier molecular flexibility index (Phi) is 3.76. The predicted molar refractivity (Wildman–Crippen MR) is 87.3 cm³/mol. The van der Waals surface area contributed by atoms with Crippen LogP contribution in [0.5, 0.6) is 0 Å². The van der Waals surface area contributed by atoms with E-state index in [0.717, 1.165) is 24.0 Å². The molecule has 0 aliphatic rings. The molecule has 0 spiro atoms. The summed E-state index contributed by atoms with van der Waals surface area (Å²) in [5.41, 5.74) is 12.5. The first-order chi connectivity index (χ1) is 10.1. The van der Waals surface area contributed by atoms with E-state index in [1.807, 2.05) is 24.5 Å². The summed E-state index contributed by atoms with van der Waals surface area (Å²) in [6.07, 6.45) is 2.76. The second-order valence-corrected chi connectivity index (χ2v) is 5.77. The first kappa shape index (κ1) is 13.8. The van der Waals surface area contributed by atoms with Crippen LogP contribution in [0, 0.1) is 13.8 Å².